The Balaban J connectivity index is 0.00000166. The number of hydrogen-bond acceptors (Lipinski definition) is 4. The first-order chi connectivity index (χ1) is 22.5. The maximum Gasteiger partial charge on any atom is 0.277 e. The molecular formula is C40H31N3O2S. The van der Waals surface area contributed by atoms with Crippen molar-refractivity contribution in [1.29, 1.82) is 0 Å². The summed E-state index contributed by atoms with van der Waals surface area (Å²) >= 11 is 1.70. The van der Waals surface area contributed by atoms with Gasteiger partial charge in [0.2, 0.25) is 0 Å². The Hall–Kier alpha value is -5.59. The summed E-state index contributed by atoms with van der Waals surface area (Å²) in [5.74, 6) is 0. The maximum atomic E-state index is 11.9. The number of benzene rings is 5. The van der Waals surface area contributed by atoms with Crippen LogP contribution in [0.2, 0.25) is 0 Å². The van der Waals surface area contributed by atoms with E-state index < -0.39 is 0 Å². The minimum atomic E-state index is -0.315. The second-order valence-corrected chi connectivity index (χ2v) is 12.2. The SMILES string of the molecule is C=C(C)c1ccc([N+](=O)[O-])c(-c2ccc3c(c2)sc2cc4c(cc23)c2cccnc2n4-c2cccc(-c3ccccc3)c2)c1.CC. The lowest BCUT2D eigenvalue weighted by molar-refractivity contribution is -0.384. The fourth-order valence-corrected chi connectivity index (χ4v) is 7.35. The van der Waals surface area contributed by atoms with Gasteiger partial charge in [-0.1, -0.05) is 80.6 Å². The first kappa shape index (κ1) is 29.1. The van der Waals surface area contributed by atoms with E-state index >= 15 is 0 Å². The quantitative estimate of drug-likeness (QED) is 0.143. The second-order valence-electron chi connectivity index (χ2n) is 11.1. The zero-order valence-electron chi connectivity index (χ0n) is 25.8. The van der Waals surface area contributed by atoms with Crippen LogP contribution < -0.4 is 0 Å². The number of pyridine rings is 1. The lowest BCUT2D eigenvalue weighted by atomic mass is 9.97. The zero-order chi connectivity index (χ0) is 31.9. The van der Waals surface area contributed by atoms with Gasteiger partial charge in [-0.3, -0.25) is 14.7 Å². The van der Waals surface area contributed by atoms with Crippen LogP contribution in [0.3, 0.4) is 0 Å². The Morgan fingerprint density at radius 1 is 0.739 bits per heavy atom. The van der Waals surface area contributed by atoms with Crippen LogP contribution in [-0.4, -0.2) is 14.5 Å². The Bertz CT molecular complexity index is 2460. The van der Waals surface area contributed by atoms with Gasteiger partial charge in [-0.05, 0) is 83.8 Å². The number of rotatable bonds is 5. The molecule has 0 amide bonds. The molecule has 0 N–H and O–H groups in total. The number of nitro groups is 1. The van der Waals surface area contributed by atoms with Crippen LogP contribution in [0.5, 0.6) is 0 Å². The Labute approximate surface area is 270 Å². The van der Waals surface area contributed by atoms with Crippen molar-refractivity contribution < 1.29 is 4.92 Å². The molecule has 0 radical (unpaired) electrons. The van der Waals surface area contributed by atoms with Crippen LogP contribution in [0.4, 0.5) is 5.69 Å². The van der Waals surface area contributed by atoms with Gasteiger partial charge in [0.1, 0.15) is 5.65 Å². The molecule has 0 unspecified atom stereocenters. The maximum absolute atomic E-state index is 11.9. The monoisotopic (exact) mass is 617 g/mol. The molecule has 0 bridgehead atoms. The molecule has 0 fully saturated rings. The highest BCUT2D eigenvalue weighted by molar-refractivity contribution is 7.25. The van der Waals surface area contributed by atoms with E-state index in [2.05, 4.69) is 90.0 Å². The molecule has 224 valence electrons. The molecule has 0 atom stereocenters. The molecule has 6 heteroatoms. The highest BCUT2D eigenvalue weighted by Crippen LogP contribution is 2.42. The fourth-order valence-electron chi connectivity index (χ4n) is 6.19. The highest BCUT2D eigenvalue weighted by Gasteiger charge is 2.19. The second kappa shape index (κ2) is 11.7. The van der Waals surface area contributed by atoms with Crippen LogP contribution in [0, 0.1) is 10.1 Å². The first-order valence-electron chi connectivity index (χ1n) is 15.3. The summed E-state index contributed by atoms with van der Waals surface area (Å²) in [4.78, 5) is 16.4. The van der Waals surface area contributed by atoms with Gasteiger partial charge < -0.3 is 0 Å². The van der Waals surface area contributed by atoms with E-state index in [1.807, 2.05) is 51.2 Å². The van der Waals surface area contributed by atoms with Crippen molar-refractivity contribution in [2.75, 3.05) is 0 Å². The minimum Gasteiger partial charge on any atom is -0.294 e. The molecule has 0 saturated heterocycles. The smallest absolute Gasteiger partial charge is 0.277 e. The van der Waals surface area contributed by atoms with Crippen LogP contribution in [0.1, 0.15) is 26.3 Å². The molecule has 3 aromatic heterocycles. The summed E-state index contributed by atoms with van der Waals surface area (Å²) in [6.07, 6.45) is 1.85. The largest absolute Gasteiger partial charge is 0.294 e. The molecular weight excluding hydrogens is 587 g/mol. The van der Waals surface area contributed by atoms with Gasteiger partial charge in [-0.2, -0.15) is 0 Å². The summed E-state index contributed by atoms with van der Waals surface area (Å²) in [5.41, 5.74) is 8.64. The Morgan fingerprint density at radius 3 is 2.30 bits per heavy atom. The number of allylic oxidation sites excluding steroid dienone is 1. The van der Waals surface area contributed by atoms with Crippen LogP contribution in [-0.2, 0) is 0 Å². The molecule has 5 aromatic carbocycles. The molecule has 0 spiro atoms. The molecule has 3 heterocycles. The fraction of sp³-hybridized carbons (Fsp3) is 0.0750. The average Bonchev–Trinajstić information content (AvgIpc) is 3.62. The molecule has 0 aliphatic carbocycles. The number of hydrogen-bond donors (Lipinski definition) is 0. The standard InChI is InChI=1S/C38H25N3O2S.C2H6/c1-23(2)25-14-16-34(41(42)43)31(19-25)27-13-15-29-33-21-32-30-12-7-17-39-38(30)40(35(32)22-37(33)44-36(29)20-27)28-11-6-10-26(18-28)24-8-4-3-5-9-24;1-2/h3-22H,1H2,2H3;1-2H3. The van der Waals surface area contributed by atoms with Crippen molar-refractivity contribution in [3.63, 3.8) is 0 Å². The first-order valence-corrected chi connectivity index (χ1v) is 16.1. The van der Waals surface area contributed by atoms with E-state index in [0.29, 0.717) is 5.56 Å². The van der Waals surface area contributed by atoms with Crippen molar-refractivity contribution in [3.8, 4) is 27.9 Å². The van der Waals surface area contributed by atoms with E-state index in [0.717, 1.165) is 70.1 Å². The minimum absolute atomic E-state index is 0.0897. The van der Waals surface area contributed by atoms with Gasteiger partial charge in [0.05, 0.1) is 16.0 Å². The van der Waals surface area contributed by atoms with Gasteiger partial charge >= 0.3 is 0 Å². The van der Waals surface area contributed by atoms with Crippen LogP contribution in [0.25, 0.3) is 75.6 Å². The number of aromatic nitrogens is 2. The third kappa shape index (κ3) is 4.84. The molecule has 8 rings (SSSR count). The van der Waals surface area contributed by atoms with Crippen molar-refractivity contribution >= 4 is 64.7 Å². The number of nitro benzene ring substituents is 1. The molecule has 0 saturated carbocycles. The highest BCUT2D eigenvalue weighted by atomic mass is 32.1. The molecule has 0 aliphatic rings. The summed E-state index contributed by atoms with van der Waals surface area (Å²) in [5, 5.41) is 16.4. The van der Waals surface area contributed by atoms with Crippen LogP contribution >= 0.6 is 11.3 Å². The van der Waals surface area contributed by atoms with E-state index in [1.165, 1.54) is 5.56 Å². The molecule has 46 heavy (non-hydrogen) atoms. The predicted molar refractivity (Wildman–Crippen MR) is 195 cm³/mol. The topological polar surface area (TPSA) is 61.0 Å². The van der Waals surface area contributed by atoms with Gasteiger partial charge in [0, 0.05) is 48.9 Å². The molecule has 0 aliphatic heterocycles. The van der Waals surface area contributed by atoms with Crippen LogP contribution in [0.15, 0.2) is 128 Å². The van der Waals surface area contributed by atoms with E-state index in [9.17, 15) is 10.1 Å². The Kier molecular flexibility index (Phi) is 7.43. The zero-order valence-corrected chi connectivity index (χ0v) is 26.6. The van der Waals surface area contributed by atoms with Gasteiger partial charge in [0.15, 0.2) is 0 Å². The summed E-state index contributed by atoms with van der Waals surface area (Å²) < 4.78 is 4.48. The number of nitrogens with zero attached hydrogens (tertiary/aromatic N) is 3. The number of thiophene rings is 1. The van der Waals surface area contributed by atoms with Crippen molar-refractivity contribution in [2.24, 2.45) is 0 Å². The third-order valence-corrected chi connectivity index (χ3v) is 9.44. The summed E-state index contributed by atoms with van der Waals surface area (Å²) in [6, 6.07) is 39.0. The van der Waals surface area contributed by atoms with E-state index in [4.69, 9.17) is 4.98 Å². The van der Waals surface area contributed by atoms with E-state index in [1.54, 1.807) is 23.5 Å². The Morgan fingerprint density at radius 2 is 1.52 bits per heavy atom. The third-order valence-electron chi connectivity index (χ3n) is 8.33. The normalized spacial score (nSPS) is 11.2. The average molecular weight is 618 g/mol. The lowest BCUT2D eigenvalue weighted by Gasteiger charge is -2.10. The number of fused-ring (bicyclic) bond motifs is 6. The predicted octanol–water partition coefficient (Wildman–Crippen LogP) is 11.8. The van der Waals surface area contributed by atoms with Crippen molar-refractivity contribution in [2.45, 2.75) is 20.8 Å². The summed E-state index contributed by atoms with van der Waals surface area (Å²) in [6.45, 7) is 9.94. The van der Waals surface area contributed by atoms with Gasteiger partial charge in [-0.25, -0.2) is 4.98 Å². The van der Waals surface area contributed by atoms with E-state index in [-0.39, 0.29) is 10.6 Å². The lowest BCUT2D eigenvalue weighted by Crippen LogP contribution is -1.95. The molecule has 5 nitrogen and oxygen atoms in total. The van der Waals surface area contributed by atoms with Gasteiger partial charge in [0.25, 0.3) is 5.69 Å². The van der Waals surface area contributed by atoms with Crippen molar-refractivity contribution in [1.82, 2.24) is 9.55 Å². The summed E-state index contributed by atoms with van der Waals surface area (Å²) in [7, 11) is 0. The van der Waals surface area contributed by atoms with Crippen molar-refractivity contribution in [3.05, 3.63) is 144 Å². The van der Waals surface area contributed by atoms with Gasteiger partial charge in [-0.15, -0.1) is 11.3 Å². The molecule has 8 aromatic rings.